The Morgan fingerprint density at radius 3 is 2.71 bits per heavy atom. The summed E-state index contributed by atoms with van der Waals surface area (Å²) in [6, 6.07) is 11.3. The van der Waals surface area contributed by atoms with E-state index in [0.29, 0.717) is 0 Å². The highest BCUT2D eigenvalue weighted by molar-refractivity contribution is 7.13. The molecule has 28 heavy (non-hydrogen) atoms. The monoisotopic (exact) mass is 388 g/mol. The van der Waals surface area contributed by atoms with Gasteiger partial charge in [0.2, 0.25) is 0 Å². The van der Waals surface area contributed by atoms with E-state index in [1.807, 2.05) is 7.05 Å². The summed E-state index contributed by atoms with van der Waals surface area (Å²) in [7, 11) is 1.98. The number of anilines is 1. The summed E-state index contributed by atoms with van der Waals surface area (Å²) in [6.07, 6.45) is 5.66. The molecular formula is C25H28N2S. The molecule has 0 fully saturated rings. The molecule has 0 saturated heterocycles. The standard InChI is InChI=1S/C25H28N2S/c1-16-7-5-6-8-19-9-10-20(14-23(16)19)25-27-22(15-28-25)13-21-11-18(3)24(26-4)12-17(21)2/h9-12,14-15,26H,1,5-8,13H2,2-4H3. The van der Waals surface area contributed by atoms with E-state index in [9.17, 15) is 0 Å². The van der Waals surface area contributed by atoms with Crippen LogP contribution in [-0.2, 0) is 12.8 Å². The van der Waals surface area contributed by atoms with E-state index >= 15 is 0 Å². The second kappa shape index (κ2) is 7.92. The molecular weight excluding hydrogens is 360 g/mol. The Morgan fingerprint density at radius 2 is 1.89 bits per heavy atom. The minimum Gasteiger partial charge on any atom is -0.388 e. The highest BCUT2D eigenvalue weighted by Crippen LogP contribution is 2.33. The predicted octanol–water partition coefficient (Wildman–Crippen LogP) is 6.80. The number of hydrogen-bond acceptors (Lipinski definition) is 3. The van der Waals surface area contributed by atoms with Gasteiger partial charge in [-0.3, -0.25) is 0 Å². The summed E-state index contributed by atoms with van der Waals surface area (Å²) >= 11 is 1.74. The van der Waals surface area contributed by atoms with Crippen LogP contribution in [-0.4, -0.2) is 12.0 Å². The number of nitrogens with zero attached hydrogens (tertiary/aromatic N) is 1. The summed E-state index contributed by atoms with van der Waals surface area (Å²) in [6.45, 7) is 8.66. The summed E-state index contributed by atoms with van der Waals surface area (Å²) in [5, 5.41) is 6.58. The van der Waals surface area contributed by atoms with Crippen LogP contribution in [0.3, 0.4) is 0 Å². The molecule has 1 heterocycles. The lowest BCUT2D eigenvalue weighted by Crippen LogP contribution is -1.98. The Hall–Kier alpha value is -2.39. The molecule has 0 unspecified atom stereocenters. The fourth-order valence-corrected chi connectivity index (χ4v) is 4.91. The van der Waals surface area contributed by atoms with Crippen molar-refractivity contribution in [2.24, 2.45) is 0 Å². The maximum Gasteiger partial charge on any atom is 0.123 e. The zero-order valence-electron chi connectivity index (χ0n) is 17.1. The lowest BCUT2D eigenvalue weighted by Gasteiger charge is -2.11. The predicted molar refractivity (Wildman–Crippen MR) is 122 cm³/mol. The molecule has 1 N–H and O–H groups in total. The number of allylic oxidation sites excluding steroid dienone is 1. The second-order valence-corrected chi connectivity index (χ2v) is 8.71. The molecule has 3 heteroatoms. The SMILES string of the molecule is C=C1CCCCc2ccc(-c3nc(Cc4cc(C)c(NC)cc4C)cs3)cc21. The van der Waals surface area contributed by atoms with Crippen molar-refractivity contribution in [1.82, 2.24) is 4.98 Å². The van der Waals surface area contributed by atoms with E-state index in [2.05, 4.69) is 61.5 Å². The van der Waals surface area contributed by atoms with Gasteiger partial charge in [0.1, 0.15) is 5.01 Å². The van der Waals surface area contributed by atoms with Crippen LogP contribution in [0.15, 0.2) is 42.3 Å². The second-order valence-electron chi connectivity index (χ2n) is 7.85. The third-order valence-electron chi connectivity index (χ3n) is 5.79. The number of hydrogen-bond donors (Lipinski definition) is 1. The number of aromatic nitrogens is 1. The lowest BCUT2D eigenvalue weighted by atomic mass is 9.97. The molecule has 0 aliphatic heterocycles. The van der Waals surface area contributed by atoms with Gasteiger partial charge in [-0.05, 0) is 85.1 Å². The molecule has 144 valence electrons. The van der Waals surface area contributed by atoms with Crippen molar-refractivity contribution in [3.8, 4) is 10.6 Å². The van der Waals surface area contributed by atoms with Crippen molar-refractivity contribution in [2.75, 3.05) is 12.4 Å². The minimum absolute atomic E-state index is 0.880. The first-order valence-electron chi connectivity index (χ1n) is 10.1. The molecule has 0 saturated carbocycles. The number of aryl methyl sites for hydroxylation is 3. The Morgan fingerprint density at radius 1 is 1.07 bits per heavy atom. The molecule has 1 aliphatic carbocycles. The molecule has 0 atom stereocenters. The summed E-state index contributed by atoms with van der Waals surface area (Å²) < 4.78 is 0. The van der Waals surface area contributed by atoms with Crippen LogP contribution in [0.1, 0.15) is 52.8 Å². The van der Waals surface area contributed by atoms with Crippen molar-refractivity contribution in [3.05, 3.63) is 75.8 Å². The Kier molecular flexibility index (Phi) is 5.36. The smallest absolute Gasteiger partial charge is 0.123 e. The largest absolute Gasteiger partial charge is 0.388 e. The fourth-order valence-electron chi connectivity index (χ4n) is 4.10. The first-order chi connectivity index (χ1) is 13.5. The van der Waals surface area contributed by atoms with Gasteiger partial charge in [-0.2, -0.15) is 0 Å². The highest BCUT2D eigenvalue weighted by atomic mass is 32.1. The number of fused-ring (bicyclic) bond motifs is 1. The van der Waals surface area contributed by atoms with Gasteiger partial charge in [-0.15, -0.1) is 11.3 Å². The number of rotatable bonds is 4. The molecule has 1 aliphatic rings. The van der Waals surface area contributed by atoms with Crippen molar-refractivity contribution >= 4 is 22.6 Å². The zero-order valence-corrected chi connectivity index (χ0v) is 17.9. The molecule has 2 nitrogen and oxygen atoms in total. The van der Waals surface area contributed by atoms with Crippen molar-refractivity contribution in [3.63, 3.8) is 0 Å². The van der Waals surface area contributed by atoms with Gasteiger partial charge in [0.05, 0.1) is 5.69 Å². The van der Waals surface area contributed by atoms with Crippen molar-refractivity contribution in [1.29, 1.82) is 0 Å². The van der Waals surface area contributed by atoms with Crippen LogP contribution in [0.4, 0.5) is 5.69 Å². The Bertz CT molecular complexity index is 1030. The first-order valence-corrected chi connectivity index (χ1v) is 11.0. The van der Waals surface area contributed by atoms with Gasteiger partial charge >= 0.3 is 0 Å². The van der Waals surface area contributed by atoms with Crippen LogP contribution in [0.2, 0.25) is 0 Å². The van der Waals surface area contributed by atoms with Crippen LogP contribution < -0.4 is 5.32 Å². The molecule has 0 radical (unpaired) electrons. The molecule has 0 spiro atoms. The summed E-state index contributed by atoms with van der Waals surface area (Å²) in [5.74, 6) is 0. The first kappa shape index (κ1) is 18.9. The molecule has 3 aromatic rings. The minimum atomic E-state index is 0.880. The number of benzene rings is 2. The molecule has 0 bridgehead atoms. The molecule has 4 rings (SSSR count). The molecule has 1 aromatic heterocycles. The average molecular weight is 389 g/mol. The van der Waals surface area contributed by atoms with E-state index in [4.69, 9.17) is 4.98 Å². The number of nitrogens with one attached hydrogen (secondary N) is 1. The van der Waals surface area contributed by atoms with Gasteiger partial charge in [0.25, 0.3) is 0 Å². The third-order valence-corrected chi connectivity index (χ3v) is 6.73. The Labute approximate surface area is 172 Å². The zero-order chi connectivity index (χ0) is 19.7. The van der Waals surface area contributed by atoms with Crippen LogP contribution in [0.25, 0.3) is 16.1 Å². The highest BCUT2D eigenvalue weighted by Gasteiger charge is 2.14. The quantitative estimate of drug-likeness (QED) is 0.497. The van der Waals surface area contributed by atoms with Gasteiger partial charge in [-0.25, -0.2) is 4.98 Å². The topological polar surface area (TPSA) is 24.9 Å². The number of thiazole rings is 1. The van der Waals surface area contributed by atoms with Crippen LogP contribution in [0, 0.1) is 13.8 Å². The van der Waals surface area contributed by atoms with Crippen molar-refractivity contribution in [2.45, 2.75) is 46.0 Å². The average Bonchev–Trinajstić information content (AvgIpc) is 3.08. The summed E-state index contributed by atoms with van der Waals surface area (Å²) in [5.41, 5.74) is 11.6. The molecule has 0 amide bonds. The van der Waals surface area contributed by atoms with E-state index in [1.165, 1.54) is 63.9 Å². The maximum atomic E-state index is 4.96. The normalized spacial score (nSPS) is 13.9. The van der Waals surface area contributed by atoms with Gasteiger partial charge in [-0.1, -0.05) is 24.8 Å². The van der Waals surface area contributed by atoms with E-state index in [-0.39, 0.29) is 0 Å². The van der Waals surface area contributed by atoms with E-state index in [0.717, 1.165) is 23.5 Å². The van der Waals surface area contributed by atoms with Crippen LogP contribution >= 0.6 is 11.3 Å². The van der Waals surface area contributed by atoms with Crippen molar-refractivity contribution < 1.29 is 0 Å². The van der Waals surface area contributed by atoms with Gasteiger partial charge < -0.3 is 5.32 Å². The van der Waals surface area contributed by atoms with E-state index in [1.54, 1.807) is 11.3 Å². The fraction of sp³-hybridized carbons (Fsp3) is 0.320. The molecule has 2 aromatic carbocycles. The third kappa shape index (κ3) is 3.77. The summed E-state index contributed by atoms with van der Waals surface area (Å²) in [4.78, 5) is 4.96. The van der Waals surface area contributed by atoms with Crippen LogP contribution in [0.5, 0.6) is 0 Å². The lowest BCUT2D eigenvalue weighted by molar-refractivity contribution is 0.771. The maximum absolute atomic E-state index is 4.96. The van der Waals surface area contributed by atoms with Gasteiger partial charge in [0.15, 0.2) is 0 Å². The van der Waals surface area contributed by atoms with E-state index < -0.39 is 0 Å². The Balaban J connectivity index is 1.60. The van der Waals surface area contributed by atoms with Gasteiger partial charge in [0, 0.05) is 30.1 Å².